The Kier molecular flexibility index (Phi) is 5.60. The first-order valence-corrected chi connectivity index (χ1v) is 7.16. The largest absolute Gasteiger partial charge is 0.465 e. The third-order valence-corrected chi connectivity index (χ3v) is 3.49. The zero-order valence-electron chi connectivity index (χ0n) is 12.5. The predicted octanol–water partition coefficient (Wildman–Crippen LogP) is 1.53. The van der Waals surface area contributed by atoms with Gasteiger partial charge < -0.3 is 20.5 Å². The molecule has 2 rings (SSSR count). The summed E-state index contributed by atoms with van der Waals surface area (Å²) in [6.07, 6.45) is -4.81. The molecule has 0 unspecified atom stereocenters. The third-order valence-electron chi connectivity index (χ3n) is 3.49. The number of hydrogen-bond donors (Lipinski definition) is 3. The van der Waals surface area contributed by atoms with Crippen molar-refractivity contribution >= 4 is 12.0 Å². The van der Waals surface area contributed by atoms with E-state index in [2.05, 4.69) is 15.6 Å². The van der Waals surface area contributed by atoms with Crippen molar-refractivity contribution in [3.8, 4) is 0 Å². The minimum absolute atomic E-state index is 0.0202. The number of pyridine rings is 1. The van der Waals surface area contributed by atoms with E-state index in [1.165, 1.54) is 6.07 Å². The molecule has 0 bridgehead atoms. The number of aromatic nitrogens is 1. The molecule has 1 aliphatic rings. The van der Waals surface area contributed by atoms with Crippen molar-refractivity contribution in [2.45, 2.75) is 37.7 Å². The monoisotopic (exact) mass is 347 g/mol. The van der Waals surface area contributed by atoms with Crippen LogP contribution in [0.15, 0.2) is 18.3 Å². The number of ether oxygens (including phenoxy) is 1. The Morgan fingerprint density at radius 3 is 2.58 bits per heavy atom. The fourth-order valence-corrected chi connectivity index (χ4v) is 2.24. The molecule has 7 nitrogen and oxygen atoms in total. The van der Waals surface area contributed by atoms with E-state index in [1.807, 2.05) is 0 Å². The zero-order chi connectivity index (χ0) is 17.7. The van der Waals surface area contributed by atoms with Gasteiger partial charge in [0.1, 0.15) is 6.10 Å². The average Bonchev–Trinajstić information content (AvgIpc) is 2.52. The van der Waals surface area contributed by atoms with Gasteiger partial charge in [-0.2, -0.15) is 13.2 Å². The number of amides is 2. The maximum absolute atomic E-state index is 12.4. The molecule has 1 saturated heterocycles. The van der Waals surface area contributed by atoms with Gasteiger partial charge in [0.2, 0.25) is 5.91 Å². The van der Waals surface area contributed by atoms with Gasteiger partial charge in [0, 0.05) is 6.20 Å². The molecule has 0 spiro atoms. The Morgan fingerprint density at radius 2 is 2.08 bits per heavy atom. The van der Waals surface area contributed by atoms with Gasteiger partial charge in [0.15, 0.2) is 0 Å². The van der Waals surface area contributed by atoms with Crippen molar-refractivity contribution in [3.63, 3.8) is 0 Å². The minimum Gasteiger partial charge on any atom is -0.465 e. The van der Waals surface area contributed by atoms with Crippen molar-refractivity contribution in [2.24, 2.45) is 0 Å². The molecule has 24 heavy (non-hydrogen) atoms. The molecule has 2 heterocycles. The van der Waals surface area contributed by atoms with E-state index >= 15 is 0 Å². The van der Waals surface area contributed by atoms with Crippen LogP contribution in [0.2, 0.25) is 0 Å². The van der Waals surface area contributed by atoms with Crippen LogP contribution in [-0.2, 0) is 22.3 Å². The maximum atomic E-state index is 12.4. The minimum atomic E-state index is -4.45. The molecular weight excluding hydrogens is 331 g/mol. The van der Waals surface area contributed by atoms with Crippen molar-refractivity contribution in [2.75, 3.05) is 6.61 Å². The van der Waals surface area contributed by atoms with E-state index in [0.717, 1.165) is 6.07 Å². The Morgan fingerprint density at radius 1 is 1.33 bits per heavy atom. The summed E-state index contributed by atoms with van der Waals surface area (Å²) in [7, 11) is 0. The van der Waals surface area contributed by atoms with Crippen LogP contribution < -0.4 is 10.6 Å². The molecule has 0 aromatic carbocycles. The number of hydrogen-bond acceptors (Lipinski definition) is 4. The highest BCUT2D eigenvalue weighted by atomic mass is 19.4. The van der Waals surface area contributed by atoms with Crippen LogP contribution in [-0.4, -0.2) is 40.8 Å². The van der Waals surface area contributed by atoms with E-state index in [1.54, 1.807) is 0 Å². The number of carboxylic acid groups (broad SMARTS) is 1. The lowest BCUT2D eigenvalue weighted by atomic mass is 10.0. The average molecular weight is 347 g/mol. The van der Waals surface area contributed by atoms with Crippen molar-refractivity contribution in [1.29, 1.82) is 0 Å². The van der Waals surface area contributed by atoms with Crippen molar-refractivity contribution in [3.05, 3.63) is 29.6 Å². The first kappa shape index (κ1) is 18.0. The Hall–Kier alpha value is -2.36. The van der Waals surface area contributed by atoms with Crippen molar-refractivity contribution < 1.29 is 32.6 Å². The smallest absolute Gasteiger partial charge is 0.417 e. The molecule has 2 atom stereocenters. The first-order chi connectivity index (χ1) is 11.3. The molecular formula is C14H16F3N3O4. The highest BCUT2D eigenvalue weighted by Gasteiger charge is 2.31. The van der Waals surface area contributed by atoms with Crippen LogP contribution in [0.25, 0.3) is 0 Å². The lowest BCUT2D eigenvalue weighted by Gasteiger charge is -2.28. The molecule has 1 aliphatic heterocycles. The molecule has 1 aromatic rings. The second-order valence-corrected chi connectivity index (χ2v) is 5.30. The van der Waals surface area contributed by atoms with Gasteiger partial charge in [0.25, 0.3) is 0 Å². The topological polar surface area (TPSA) is 101 Å². The summed E-state index contributed by atoms with van der Waals surface area (Å²) in [6.45, 7) is 0.0660. The Bertz CT molecular complexity index is 584. The normalized spacial score (nSPS) is 21.1. The number of nitrogens with one attached hydrogen (secondary N) is 2. The Balaban J connectivity index is 1.78. The highest BCUT2D eigenvalue weighted by Crippen LogP contribution is 2.28. The van der Waals surface area contributed by atoms with Gasteiger partial charge in [-0.1, -0.05) is 0 Å². The lowest BCUT2D eigenvalue weighted by Crippen LogP contribution is -2.46. The lowest BCUT2D eigenvalue weighted by molar-refractivity contribution is -0.138. The number of nitrogens with zero attached hydrogens (tertiary/aromatic N) is 1. The van der Waals surface area contributed by atoms with E-state index in [0.29, 0.717) is 19.0 Å². The molecule has 3 N–H and O–H groups in total. The first-order valence-electron chi connectivity index (χ1n) is 7.16. The zero-order valence-corrected chi connectivity index (χ0v) is 12.5. The third kappa shape index (κ3) is 5.08. The number of carbonyl (C=O) groups excluding carboxylic acids is 1. The van der Waals surface area contributed by atoms with E-state index in [9.17, 15) is 22.8 Å². The van der Waals surface area contributed by atoms with Crippen LogP contribution in [0.1, 0.15) is 24.1 Å². The van der Waals surface area contributed by atoms with Crippen LogP contribution in [0.3, 0.4) is 0 Å². The van der Waals surface area contributed by atoms with Crippen molar-refractivity contribution in [1.82, 2.24) is 15.6 Å². The summed E-state index contributed by atoms with van der Waals surface area (Å²) in [5.74, 6) is -0.412. The van der Waals surface area contributed by atoms with Gasteiger partial charge in [0.05, 0.1) is 30.5 Å². The SMILES string of the molecule is O=C(O)N[C@H]1CC[C@H](C(=O)NCc2ccc(C(F)(F)F)cn2)OC1. The summed E-state index contributed by atoms with van der Waals surface area (Å²) in [4.78, 5) is 26.1. The molecule has 0 aliphatic carbocycles. The van der Waals surface area contributed by atoms with E-state index < -0.39 is 29.8 Å². The Labute approximate surface area is 135 Å². The molecule has 1 fully saturated rings. The molecule has 132 valence electrons. The highest BCUT2D eigenvalue weighted by molar-refractivity contribution is 5.80. The second kappa shape index (κ2) is 7.47. The fraction of sp³-hybridized carbons (Fsp3) is 0.500. The van der Waals surface area contributed by atoms with Gasteiger partial charge in [-0.3, -0.25) is 9.78 Å². The second-order valence-electron chi connectivity index (χ2n) is 5.30. The quantitative estimate of drug-likeness (QED) is 0.767. The van der Waals surface area contributed by atoms with Crippen LogP contribution >= 0.6 is 0 Å². The summed E-state index contributed by atoms with van der Waals surface area (Å²) in [6, 6.07) is 1.73. The van der Waals surface area contributed by atoms with Gasteiger partial charge in [-0.25, -0.2) is 4.79 Å². The number of carbonyl (C=O) groups is 2. The summed E-state index contributed by atoms with van der Waals surface area (Å²) in [5.41, 5.74) is -0.567. The molecule has 10 heteroatoms. The van der Waals surface area contributed by atoms with Gasteiger partial charge in [-0.05, 0) is 25.0 Å². The van der Waals surface area contributed by atoms with Crippen LogP contribution in [0.4, 0.5) is 18.0 Å². The number of halogens is 3. The molecule has 1 aromatic heterocycles. The summed E-state index contributed by atoms with van der Waals surface area (Å²) >= 11 is 0. The van der Waals surface area contributed by atoms with E-state index in [4.69, 9.17) is 9.84 Å². The standard InChI is InChI=1S/C14H16F3N3O4/c15-14(16,17)8-1-2-9(18-5-8)6-19-12(21)11-4-3-10(7-24-11)20-13(22)23/h1-2,5,10-11,20H,3-4,6-7H2,(H,19,21)(H,22,23)/t10-,11+/m0/s1. The van der Waals surface area contributed by atoms with E-state index in [-0.39, 0.29) is 24.9 Å². The summed E-state index contributed by atoms with van der Waals surface area (Å²) in [5, 5.41) is 13.4. The number of rotatable bonds is 4. The van der Waals surface area contributed by atoms with Crippen LogP contribution in [0, 0.1) is 0 Å². The fourth-order valence-electron chi connectivity index (χ4n) is 2.24. The van der Waals surface area contributed by atoms with Gasteiger partial charge >= 0.3 is 12.3 Å². The molecule has 0 saturated carbocycles. The summed E-state index contributed by atoms with van der Waals surface area (Å²) < 4.78 is 42.6. The molecule has 0 radical (unpaired) electrons. The maximum Gasteiger partial charge on any atom is 0.417 e. The number of alkyl halides is 3. The molecule has 2 amide bonds. The van der Waals surface area contributed by atoms with Gasteiger partial charge in [-0.15, -0.1) is 0 Å². The predicted molar refractivity (Wildman–Crippen MR) is 75.0 cm³/mol. The van der Waals surface area contributed by atoms with Crippen LogP contribution in [0.5, 0.6) is 0 Å².